The Morgan fingerprint density at radius 2 is 1.87 bits per heavy atom. The molecule has 1 heterocycles. The van der Waals surface area contributed by atoms with Gasteiger partial charge >= 0.3 is 6.03 Å². The monoisotopic (exact) mass is 592 g/mol. The SMILES string of the molecule is Cc1ccc(NC(=O)COc2ccc(Br)cc2/C=C2/C(=O)NC(=O)N(c3cccc([N+](=O)[O-])c3)C2=O)c(C)c1. The number of carbonyl (C=O) groups is 4. The number of anilines is 2. The number of ether oxygens (including phenoxy) is 1. The molecular weight excluding hydrogens is 572 g/mol. The highest BCUT2D eigenvalue weighted by atomic mass is 79.9. The highest BCUT2D eigenvalue weighted by Crippen LogP contribution is 2.29. The number of barbiturate groups is 1. The number of nitro benzene ring substituents is 1. The van der Waals surface area contributed by atoms with Gasteiger partial charge < -0.3 is 10.1 Å². The number of hydrogen-bond donors (Lipinski definition) is 2. The summed E-state index contributed by atoms with van der Waals surface area (Å²) in [6.07, 6.45) is 1.22. The van der Waals surface area contributed by atoms with Gasteiger partial charge in [-0.05, 0) is 55.8 Å². The van der Waals surface area contributed by atoms with Gasteiger partial charge in [0.15, 0.2) is 6.61 Å². The molecule has 1 aliphatic rings. The van der Waals surface area contributed by atoms with E-state index in [0.717, 1.165) is 17.2 Å². The summed E-state index contributed by atoms with van der Waals surface area (Å²) in [6, 6.07) is 14.2. The second-order valence-corrected chi connectivity index (χ2v) is 9.49. The summed E-state index contributed by atoms with van der Waals surface area (Å²) in [5, 5.41) is 16.0. The van der Waals surface area contributed by atoms with Crippen LogP contribution in [0, 0.1) is 24.0 Å². The third-order valence-corrected chi connectivity index (χ3v) is 6.18. The predicted octanol–water partition coefficient (Wildman–Crippen LogP) is 4.66. The topological polar surface area (TPSA) is 148 Å². The van der Waals surface area contributed by atoms with Crippen molar-refractivity contribution in [3.63, 3.8) is 0 Å². The lowest BCUT2D eigenvalue weighted by Crippen LogP contribution is -2.54. The molecule has 0 saturated carbocycles. The van der Waals surface area contributed by atoms with Crippen molar-refractivity contribution in [2.45, 2.75) is 13.8 Å². The van der Waals surface area contributed by atoms with Gasteiger partial charge in [-0.15, -0.1) is 0 Å². The molecule has 2 N–H and O–H groups in total. The van der Waals surface area contributed by atoms with Crippen LogP contribution < -0.4 is 20.3 Å². The minimum Gasteiger partial charge on any atom is -0.483 e. The zero-order valence-corrected chi connectivity index (χ0v) is 22.3. The molecule has 5 amide bonds. The van der Waals surface area contributed by atoms with Crippen LogP contribution in [0.25, 0.3) is 6.08 Å². The minimum atomic E-state index is -1.04. The number of hydrogen-bond acceptors (Lipinski definition) is 7. The molecule has 4 rings (SSSR count). The average Bonchev–Trinajstić information content (AvgIpc) is 2.87. The van der Waals surface area contributed by atoms with Crippen molar-refractivity contribution in [2.75, 3.05) is 16.8 Å². The predicted molar refractivity (Wildman–Crippen MR) is 146 cm³/mol. The largest absolute Gasteiger partial charge is 0.483 e. The van der Waals surface area contributed by atoms with Gasteiger partial charge in [-0.1, -0.05) is 39.7 Å². The first-order valence-electron chi connectivity index (χ1n) is 11.5. The van der Waals surface area contributed by atoms with E-state index in [9.17, 15) is 29.3 Å². The van der Waals surface area contributed by atoms with Gasteiger partial charge in [0, 0.05) is 27.9 Å². The Balaban J connectivity index is 1.59. The molecule has 0 spiro atoms. The number of carbonyl (C=O) groups excluding carboxylic acids is 4. The number of benzene rings is 3. The van der Waals surface area contributed by atoms with E-state index in [4.69, 9.17) is 4.74 Å². The fraction of sp³-hybridized carbons (Fsp3) is 0.111. The number of imide groups is 2. The van der Waals surface area contributed by atoms with Gasteiger partial charge in [-0.25, -0.2) is 9.69 Å². The normalized spacial score (nSPS) is 14.3. The van der Waals surface area contributed by atoms with Gasteiger partial charge in [-0.3, -0.25) is 29.8 Å². The molecule has 3 aromatic rings. The number of nitrogens with one attached hydrogen (secondary N) is 2. The Bertz CT molecular complexity index is 1570. The van der Waals surface area contributed by atoms with Gasteiger partial charge in [0.1, 0.15) is 11.3 Å². The van der Waals surface area contributed by atoms with Crippen LogP contribution >= 0.6 is 15.9 Å². The van der Waals surface area contributed by atoms with Crippen LogP contribution in [0.3, 0.4) is 0 Å². The molecule has 39 heavy (non-hydrogen) atoms. The van der Waals surface area contributed by atoms with E-state index in [1.165, 1.54) is 24.3 Å². The molecule has 11 nitrogen and oxygen atoms in total. The lowest BCUT2D eigenvalue weighted by atomic mass is 10.1. The van der Waals surface area contributed by atoms with Gasteiger partial charge in [-0.2, -0.15) is 0 Å². The van der Waals surface area contributed by atoms with Gasteiger partial charge in [0.2, 0.25) is 0 Å². The van der Waals surface area contributed by atoms with Crippen LogP contribution in [0.15, 0.2) is 70.7 Å². The van der Waals surface area contributed by atoms with E-state index in [-0.39, 0.29) is 29.3 Å². The maximum Gasteiger partial charge on any atom is 0.335 e. The summed E-state index contributed by atoms with van der Waals surface area (Å²) in [5.41, 5.74) is 2.03. The van der Waals surface area contributed by atoms with Crippen molar-refractivity contribution in [3.8, 4) is 5.75 Å². The summed E-state index contributed by atoms with van der Waals surface area (Å²) in [5.74, 6) is -2.16. The molecule has 0 radical (unpaired) electrons. The molecule has 1 aliphatic heterocycles. The van der Waals surface area contributed by atoms with E-state index < -0.39 is 34.2 Å². The smallest absolute Gasteiger partial charge is 0.335 e. The maximum absolute atomic E-state index is 13.2. The van der Waals surface area contributed by atoms with Crippen molar-refractivity contribution in [3.05, 3.63) is 97.5 Å². The van der Waals surface area contributed by atoms with Gasteiger partial charge in [0.25, 0.3) is 23.4 Å². The summed E-state index contributed by atoms with van der Waals surface area (Å²) in [6.45, 7) is 3.46. The van der Waals surface area contributed by atoms with E-state index in [2.05, 4.69) is 26.6 Å². The van der Waals surface area contributed by atoms with Crippen LogP contribution in [0.2, 0.25) is 0 Å². The number of nitro groups is 1. The fourth-order valence-corrected chi connectivity index (χ4v) is 4.22. The third-order valence-electron chi connectivity index (χ3n) is 5.69. The number of non-ortho nitro benzene ring substituents is 1. The second-order valence-electron chi connectivity index (χ2n) is 8.57. The molecule has 12 heteroatoms. The molecule has 1 fully saturated rings. The fourth-order valence-electron chi connectivity index (χ4n) is 3.84. The van der Waals surface area contributed by atoms with E-state index in [1.807, 2.05) is 26.0 Å². The zero-order chi connectivity index (χ0) is 28.3. The Hall–Kier alpha value is -4.84. The van der Waals surface area contributed by atoms with Crippen LogP contribution in [-0.4, -0.2) is 35.3 Å². The molecular formula is C27H21BrN4O7. The highest BCUT2D eigenvalue weighted by Gasteiger charge is 2.37. The lowest BCUT2D eigenvalue weighted by Gasteiger charge is -2.26. The first-order valence-corrected chi connectivity index (χ1v) is 12.3. The van der Waals surface area contributed by atoms with Crippen molar-refractivity contribution >= 4 is 62.8 Å². The first kappa shape index (κ1) is 27.2. The van der Waals surface area contributed by atoms with Crippen LogP contribution in [0.4, 0.5) is 21.9 Å². The van der Waals surface area contributed by atoms with Crippen LogP contribution in [-0.2, 0) is 14.4 Å². The summed E-state index contributed by atoms with van der Waals surface area (Å²) in [4.78, 5) is 62.0. The zero-order valence-electron chi connectivity index (χ0n) is 20.7. The lowest BCUT2D eigenvalue weighted by molar-refractivity contribution is -0.384. The first-order chi connectivity index (χ1) is 18.5. The summed E-state index contributed by atoms with van der Waals surface area (Å²) in [7, 11) is 0. The van der Waals surface area contributed by atoms with E-state index in [0.29, 0.717) is 15.1 Å². The van der Waals surface area contributed by atoms with Crippen molar-refractivity contribution in [1.82, 2.24) is 5.32 Å². The molecule has 1 saturated heterocycles. The molecule has 3 aromatic carbocycles. The number of urea groups is 1. The average molecular weight is 593 g/mol. The maximum atomic E-state index is 13.2. The molecule has 0 bridgehead atoms. The molecule has 0 unspecified atom stereocenters. The molecule has 198 valence electrons. The highest BCUT2D eigenvalue weighted by molar-refractivity contribution is 9.10. The Morgan fingerprint density at radius 1 is 1.10 bits per heavy atom. The molecule has 0 aliphatic carbocycles. The van der Waals surface area contributed by atoms with E-state index >= 15 is 0 Å². The van der Waals surface area contributed by atoms with Crippen LogP contribution in [0.1, 0.15) is 16.7 Å². The Labute approximate surface area is 230 Å². The Kier molecular flexibility index (Phi) is 7.86. The third kappa shape index (κ3) is 6.18. The quantitative estimate of drug-likeness (QED) is 0.175. The van der Waals surface area contributed by atoms with Gasteiger partial charge in [0.05, 0.1) is 10.6 Å². The standard InChI is InChI=1S/C27H21BrN4O7/c1-15-6-8-22(16(2)10-15)29-24(33)14-39-23-9-7-18(28)11-17(23)12-21-25(34)30-27(36)31(26(21)35)19-4-3-5-20(13-19)32(37)38/h3-13H,14H2,1-2H3,(H,29,33)(H,30,34,36)/b21-12-. The molecule has 0 aromatic heterocycles. The van der Waals surface area contributed by atoms with Crippen LogP contribution in [0.5, 0.6) is 5.75 Å². The number of rotatable bonds is 7. The summed E-state index contributed by atoms with van der Waals surface area (Å²) >= 11 is 3.33. The van der Waals surface area contributed by atoms with Crippen molar-refractivity contribution in [2.24, 2.45) is 0 Å². The summed E-state index contributed by atoms with van der Waals surface area (Å²) < 4.78 is 6.29. The van der Waals surface area contributed by atoms with Crippen molar-refractivity contribution in [1.29, 1.82) is 0 Å². The number of halogens is 1. The number of nitrogens with zero attached hydrogens (tertiary/aromatic N) is 2. The van der Waals surface area contributed by atoms with Crippen molar-refractivity contribution < 1.29 is 28.8 Å². The van der Waals surface area contributed by atoms with E-state index in [1.54, 1.807) is 24.3 Å². The second kappa shape index (κ2) is 11.3. The Morgan fingerprint density at radius 3 is 2.59 bits per heavy atom. The minimum absolute atomic E-state index is 0.0844. The molecule has 0 atom stereocenters. The number of aryl methyl sites for hydroxylation is 2. The number of amides is 5.